The second-order valence-electron chi connectivity index (χ2n) is 7.22. The van der Waals surface area contributed by atoms with Gasteiger partial charge in [0.15, 0.2) is 0 Å². The molecule has 0 bridgehead atoms. The number of carbonyl (C=O) groups is 1. The highest BCUT2D eigenvalue weighted by molar-refractivity contribution is 5.85. The van der Waals surface area contributed by atoms with Crippen molar-refractivity contribution in [2.45, 2.75) is 64.0 Å². The molecule has 23 heavy (non-hydrogen) atoms. The van der Waals surface area contributed by atoms with Gasteiger partial charge in [-0.3, -0.25) is 4.79 Å². The highest BCUT2D eigenvalue weighted by Gasteiger charge is 2.39. The quantitative estimate of drug-likeness (QED) is 0.883. The minimum absolute atomic E-state index is 0. The molecule has 0 radical (unpaired) electrons. The highest BCUT2D eigenvalue weighted by atomic mass is 35.5. The van der Waals surface area contributed by atoms with Crippen molar-refractivity contribution in [3.05, 3.63) is 35.4 Å². The third kappa shape index (κ3) is 4.07. The van der Waals surface area contributed by atoms with E-state index < -0.39 is 0 Å². The van der Waals surface area contributed by atoms with Crippen molar-refractivity contribution in [3.8, 4) is 0 Å². The van der Waals surface area contributed by atoms with Gasteiger partial charge < -0.3 is 10.6 Å². The predicted octanol–water partition coefficient (Wildman–Crippen LogP) is 3.69. The summed E-state index contributed by atoms with van der Waals surface area (Å²) in [4.78, 5) is 12.8. The summed E-state index contributed by atoms with van der Waals surface area (Å²) < 4.78 is 0. The van der Waals surface area contributed by atoms with E-state index >= 15 is 0 Å². The number of rotatable bonds is 3. The number of benzene rings is 1. The summed E-state index contributed by atoms with van der Waals surface area (Å²) in [6.07, 6.45) is 6.47. The Hall–Kier alpha value is -1.06. The number of nitrogens with one attached hydrogen (secondary N) is 2. The van der Waals surface area contributed by atoms with Crippen LogP contribution in [-0.2, 0) is 10.3 Å². The molecule has 128 valence electrons. The number of carbonyl (C=O) groups excluding carboxylic acids is 1. The molecule has 1 aromatic rings. The summed E-state index contributed by atoms with van der Waals surface area (Å²) in [7, 11) is 0. The molecule has 0 spiro atoms. The van der Waals surface area contributed by atoms with Crippen molar-refractivity contribution in [1.29, 1.82) is 0 Å². The lowest BCUT2D eigenvalue weighted by atomic mass is 9.85. The van der Waals surface area contributed by atoms with Gasteiger partial charge in [0.2, 0.25) is 5.91 Å². The first kappa shape index (κ1) is 18.3. The van der Waals surface area contributed by atoms with Crippen molar-refractivity contribution >= 4 is 18.3 Å². The Kier molecular flexibility index (Phi) is 6.10. The van der Waals surface area contributed by atoms with E-state index in [1.165, 1.54) is 24.0 Å². The van der Waals surface area contributed by atoms with E-state index in [-0.39, 0.29) is 29.8 Å². The predicted molar refractivity (Wildman–Crippen MR) is 96.9 cm³/mol. The summed E-state index contributed by atoms with van der Waals surface area (Å²) in [6.45, 7) is 5.25. The van der Waals surface area contributed by atoms with Crippen LogP contribution in [0.15, 0.2) is 24.3 Å². The van der Waals surface area contributed by atoms with Crippen molar-refractivity contribution in [1.82, 2.24) is 10.6 Å². The lowest BCUT2D eigenvalue weighted by Gasteiger charge is -2.35. The number of amides is 1. The zero-order chi connectivity index (χ0) is 15.6. The third-order valence-corrected chi connectivity index (χ3v) is 5.38. The molecule has 1 amide bonds. The van der Waals surface area contributed by atoms with Crippen molar-refractivity contribution < 1.29 is 4.79 Å². The zero-order valence-corrected chi connectivity index (χ0v) is 15.0. The molecule has 1 saturated carbocycles. The van der Waals surface area contributed by atoms with Crippen LogP contribution in [0.1, 0.15) is 56.6 Å². The molecule has 1 aliphatic heterocycles. The first-order valence-electron chi connectivity index (χ1n) is 8.72. The molecular weight excluding hydrogens is 308 g/mol. The van der Waals surface area contributed by atoms with Gasteiger partial charge in [-0.15, -0.1) is 12.4 Å². The van der Waals surface area contributed by atoms with Gasteiger partial charge in [0.25, 0.3) is 0 Å². The van der Waals surface area contributed by atoms with Crippen LogP contribution in [0.5, 0.6) is 0 Å². The Morgan fingerprint density at radius 1 is 1.30 bits per heavy atom. The van der Waals surface area contributed by atoms with Gasteiger partial charge >= 0.3 is 0 Å². The average Bonchev–Trinajstić information content (AvgIpc) is 2.97. The fourth-order valence-electron chi connectivity index (χ4n) is 4.12. The van der Waals surface area contributed by atoms with Gasteiger partial charge in [0.05, 0.1) is 5.54 Å². The monoisotopic (exact) mass is 336 g/mol. The maximum absolute atomic E-state index is 12.8. The Morgan fingerprint density at radius 3 is 2.70 bits per heavy atom. The molecule has 2 aliphatic rings. The second kappa shape index (κ2) is 7.67. The number of piperidine rings is 1. The molecule has 4 heteroatoms. The summed E-state index contributed by atoms with van der Waals surface area (Å²) >= 11 is 0. The lowest BCUT2D eigenvalue weighted by molar-refractivity contribution is -0.128. The first-order chi connectivity index (χ1) is 10.6. The van der Waals surface area contributed by atoms with E-state index in [9.17, 15) is 4.79 Å². The van der Waals surface area contributed by atoms with E-state index in [2.05, 4.69) is 48.7 Å². The van der Waals surface area contributed by atoms with Crippen molar-refractivity contribution in [2.75, 3.05) is 6.54 Å². The van der Waals surface area contributed by atoms with Crippen LogP contribution in [0.4, 0.5) is 0 Å². The molecule has 2 fully saturated rings. The van der Waals surface area contributed by atoms with Gasteiger partial charge in [0.1, 0.15) is 0 Å². The molecule has 2 atom stereocenters. The second-order valence-corrected chi connectivity index (χ2v) is 7.22. The van der Waals surface area contributed by atoms with Gasteiger partial charge in [-0.25, -0.2) is 0 Å². The minimum atomic E-state index is -0.128. The largest absolute Gasteiger partial charge is 0.346 e. The maximum atomic E-state index is 12.8. The maximum Gasteiger partial charge on any atom is 0.223 e. The van der Waals surface area contributed by atoms with Crippen LogP contribution in [0.2, 0.25) is 0 Å². The molecule has 3 rings (SSSR count). The van der Waals surface area contributed by atoms with E-state index in [0.717, 1.165) is 32.2 Å². The number of hydrogen-bond acceptors (Lipinski definition) is 2. The average molecular weight is 337 g/mol. The smallest absolute Gasteiger partial charge is 0.223 e. The summed E-state index contributed by atoms with van der Waals surface area (Å²) in [6, 6.07) is 9.12. The molecule has 2 N–H and O–H groups in total. The first-order valence-corrected chi connectivity index (χ1v) is 8.72. The van der Waals surface area contributed by atoms with E-state index in [4.69, 9.17) is 0 Å². The topological polar surface area (TPSA) is 41.1 Å². The summed E-state index contributed by atoms with van der Waals surface area (Å²) in [5.41, 5.74) is 2.44. The Balaban J connectivity index is 0.00000192. The van der Waals surface area contributed by atoms with Crippen LogP contribution in [0, 0.1) is 12.8 Å². The fraction of sp³-hybridized carbons (Fsp3) is 0.632. The Labute approximate surface area is 146 Å². The number of aryl methyl sites for hydroxylation is 1. The Bertz CT molecular complexity index is 540. The van der Waals surface area contributed by atoms with Gasteiger partial charge in [0, 0.05) is 12.0 Å². The van der Waals surface area contributed by atoms with Crippen molar-refractivity contribution in [2.24, 2.45) is 5.92 Å². The molecule has 0 aromatic heterocycles. The van der Waals surface area contributed by atoms with Gasteiger partial charge in [-0.2, -0.15) is 0 Å². The Morgan fingerprint density at radius 2 is 2.04 bits per heavy atom. The van der Waals surface area contributed by atoms with E-state index in [1.807, 2.05) is 0 Å². The van der Waals surface area contributed by atoms with Crippen molar-refractivity contribution in [3.63, 3.8) is 0 Å². The zero-order valence-electron chi connectivity index (χ0n) is 14.2. The summed E-state index contributed by atoms with van der Waals surface area (Å²) in [5.74, 6) is 0.426. The summed E-state index contributed by atoms with van der Waals surface area (Å²) in [5, 5.41) is 6.89. The van der Waals surface area contributed by atoms with Crippen LogP contribution < -0.4 is 10.6 Å². The molecular formula is C19H29ClN2O. The number of halogens is 1. The van der Waals surface area contributed by atoms with E-state index in [1.54, 1.807) is 0 Å². The molecule has 0 unspecified atom stereocenters. The van der Waals surface area contributed by atoms with Crippen LogP contribution in [-0.4, -0.2) is 18.5 Å². The molecule has 1 aromatic carbocycles. The molecule has 1 heterocycles. The fourth-order valence-corrected chi connectivity index (χ4v) is 4.12. The van der Waals surface area contributed by atoms with E-state index in [0.29, 0.717) is 6.04 Å². The molecule has 1 aliphatic carbocycles. The highest BCUT2D eigenvalue weighted by Crippen LogP contribution is 2.39. The van der Waals surface area contributed by atoms with Crippen LogP contribution >= 0.6 is 12.4 Å². The number of hydrogen-bond donors (Lipinski definition) is 2. The van der Waals surface area contributed by atoms with Crippen LogP contribution in [0.3, 0.4) is 0 Å². The minimum Gasteiger partial charge on any atom is -0.346 e. The van der Waals surface area contributed by atoms with Crippen LogP contribution in [0.25, 0.3) is 0 Å². The normalized spacial score (nSPS) is 26.3. The third-order valence-electron chi connectivity index (χ3n) is 5.38. The standard InChI is InChI=1S/C19H28N2O.ClH/c1-14-6-5-7-17(12-14)19(9-3-4-10-19)21-18(22)16-8-11-20-15(2)13-16;/h5-7,12,15-16,20H,3-4,8-11,13H2,1-2H3,(H,21,22);1H/t15-,16-;/m0./s1. The SMILES string of the molecule is Cc1cccc(C2(NC(=O)[C@H]3CCN[C@@H](C)C3)CCCC2)c1.Cl. The van der Waals surface area contributed by atoms with Gasteiger partial charge in [-0.1, -0.05) is 42.7 Å². The molecule has 1 saturated heterocycles. The van der Waals surface area contributed by atoms with Gasteiger partial charge in [-0.05, 0) is 51.6 Å². The molecule has 3 nitrogen and oxygen atoms in total. The lowest BCUT2D eigenvalue weighted by Crippen LogP contribution is -2.49.